The van der Waals surface area contributed by atoms with Gasteiger partial charge in [-0.2, -0.15) is 10.2 Å². The van der Waals surface area contributed by atoms with Crippen LogP contribution in [0.5, 0.6) is 0 Å². The number of nitriles is 1. The van der Waals surface area contributed by atoms with Gasteiger partial charge in [0.1, 0.15) is 0 Å². The zero-order chi connectivity index (χ0) is 13.8. The van der Waals surface area contributed by atoms with Gasteiger partial charge in [0.25, 0.3) is 0 Å². The van der Waals surface area contributed by atoms with Crippen molar-refractivity contribution in [1.82, 2.24) is 10.1 Å². The van der Waals surface area contributed by atoms with E-state index in [2.05, 4.69) is 16.2 Å². The Bertz CT molecular complexity index is 619. The first-order chi connectivity index (χ1) is 9.10. The third kappa shape index (κ3) is 3.46. The number of aromatic nitrogens is 2. The van der Waals surface area contributed by atoms with Crippen LogP contribution in [0.4, 0.5) is 0 Å². The van der Waals surface area contributed by atoms with Gasteiger partial charge < -0.3 is 4.52 Å². The number of hydrogen-bond donors (Lipinski definition) is 0. The molecule has 98 valence electrons. The fourth-order valence-corrected chi connectivity index (χ4v) is 1.91. The molecule has 0 fully saturated rings. The van der Waals surface area contributed by atoms with Crippen LogP contribution in [0.25, 0.3) is 11.4 Å². The van der Waals surface area contributed by atoms with E-state index < -0.39 is 0 Å². The van der Waals surface area contributed by atoms with Crippen LogP contribution in [-0.4, -0.2) is 10.1 Å². The van der Waals surface area contributed by atoms with Crippen molar-refractivity contribution in [2.24, 2.45) is 5.92 Å². The smallest absolute Gasteiger partial charge is 0.227 e. The lowest BCUT2D eigenvalue weighted by Crippen LogP contribution is -1.98. The van der Waals surface area contributed by atoms with Gasteiger partial charge in [-0.15, -0.1) is 0 Å². The Morgan fingerprint density at radius 2 is 2.16 bits per heavy atom. The molecule has 0 N–H and O–H groups in total. The molecule has 0 saturated heterocycles. The molecule has 2 aromatic rings. The van der Waals surface area contributed by atoms with Gasteiger partial charge in [-0.25, -0.2) is 0 Å². The highest BCUT2D eigenvalue weighted by Crippen LogP contribution is 2.27. The van der Waals surface area contributed by atoms with Gasteiger partial charge in [0.05, 0.1) is 16.1 Å². The van der Waals surface area contributed by atoms with Crippen LogP contribution in [0.3, 0.4) is 0 Å². The highest BCUT2D eigenvalue weighted by atomic mass is 35.5. The van der Waals surface area contributed by atoms with E-state index in [0.717, 1.165) is 5.56 Å². The molecule has 1 heterocycles. The minimum Gasteiger partial charge on any atom is -0.339 e. The van der Waals surface area contributed by atoms with Gasteiger partial charge in [-0.3, -0.25) is 0 Å². The predicted octanol–water partition coefficient (Wildman–Crippen LogP) is 4.14. The summed E-state index contributed by atoms with van der Waals surface area (Å²) in [7, 11) is 0. The maximum atomic E-state index is 8.61. The third-order valence-electron chi connectivity index (χ3n) is 2.61. The molecule has 0 aliphatic heterocycles. The van der Waals surface area contributed by atoms with Crippen LogP contribution < -0.4 is 0 Å². The third-order valence-corrected chi connectivity index (χ3v) is 3.35. The summed E-state index contributed by atoms with van der Waals surface area (Å²) in [6.45, 7) is 1.96. The topological polar surface area (TPSA) is 62.7 Å². The largest absolute Gasteiger partial charge is 0.339 e. The molecule has 0 saturated carbocycles. The van der Waals surface area contributed by atoms with Crippen LogP contribution in [-0.2, 0) is 6.42 Å². The van der Waals surface area contributed by atoms with Gasteiger partial charge in [0, 0.05) is 18.4 Å². The monoisotopic (exact) mass is 295 g/mol. The highest BCUT2D eigenvalue weighted by Gasteiger charge is 2.12. The van der Waals surface area contributed by atoms with Crippen molar-refractivity contribution in [3.05, 3.63) is 34.1 Å². The quantitative estimate of drug-likeness (QED) is 0.850. The Morgan fingerprint density at radius 3 is 2.84 bits per heavy atom. The maximum absolute atomic E-state index is 8.61. The summed E-state index contributed by atoms with van der Waals surface area (Å²) >= 11 is 11.8. The normalized spacial score (nSPS) is 12.1. The summed E-state index contributed by atoms with van der Waals surface area (Å²) < 4.78 is 5.16. The number of rotatable bonds is 4. The summed E-state index contributed by atoms with van der Waals surface area (Å²) in [5, 5.41) is 13.4. The summed E-state index contributed by atoms with van der Waals surface area (Å²) in [6.07, 6.45) is 1.05. The maximum Gasteiger partial charge on any atom is 0.227 e. The summed E-state index contributed by atoms with van der Waals surface area (Å²) in [5.41, 5.74) is 0.748. The van der Waals surface area contributed by atoms with Crippen molar-refractivity contribution in [2.75, 3.05) is 0 Å². The van der Waals surface area contributed by atoms with Crippen molar-refractivity contribution in [2.45, 2.75) is 19.8 Å². The Labute approximate surface area is 120 Å². The Morgan fingerprint density at radius 1 is 1.37 bits per heavy atom. The van der Waals surface area contributed by atoms with E-state index in [-0.39, 0.29) is 5.92 Å². The van der Waals surface area contributed by atoms with Crippen LogP contribution in [0.2, 0.25) is 10.0 Å². The molecule has 0 radical (unpaired) electrons. The molecule has 0 amide bonds. The molecule has 1 aromatic carbocycles. The summed E-state index contributed by atoms with van der Waals surface area (Å²) in [5.74, 6) is 1.17. The first-order valence-electron chi connectivity index (χ1n) is 5.75. The molecule has 6 heteroatoms. The summed E-state index contributed by atoms with van der Waals surface area (Å²) in [4.78, 5) is 4.28. The molecular formula is C13H11Cl2N3O. The van der Waals surface area contributed by atoms with Crippen LogP contribution in [0, 0.1) is 17.2 Å². The molecule has 1 unspecified atom stereocenters. The van der Waals surface area contributed by atoms with Crippen molar-refractivity contribution in [3.8, 4) is 17.5 Å². The van der Waals surface area contributed by atoms with Gasteiger partial charge in [0.2, 0.25) is 11.7 Å². The number of hydrogen-bond acceptors (Lipinski definition) is 4. The van der Waals surface area contributed by atoms with Crippen molar-refractivity contribution < 1.29 is 4.52 Å². The fraction of sp³-hybridized carbons (Fsp3) is 0.308. The van der Waals surface area contributed by atoms with E-state index >= 15 is 0 Å². The van der Waals surface area contributed by atoms with E-state index in [1.165, 1.54) is 0 Å². The van der Waals surface area contributed by atoms with Gasteiger partial charge in [0.15, 0.2) is 0 Å². The van der Waals surface area contributed by atoms with Crippen molar-refractivity contribution in [3.63, 3.8) is 0 Å². The van der Waals surface area contributed by atoms with Gasteiger partial charge in [-0.05, 0) is 24.1 Å². The van der Waals surface area contributed by atoms with E-state index in [1.54, 1.807) is 18.2 Å². The molecule has 1 aromatic heterocycles. The molecule has 19 heavy (non-hydrogen) atoms. The predicted molar refractivity (Wildman–Crippen MR) is 72.9 cm³/mol. The summed E-state index contributed by atoms with van der Waals surface area (Å²) in [6, 6.07) is 7.28. The number of halogens is 2. The van der Waals surface area contributed by atoms with Crippen LogP contribution in [0.1, 0.15) is 19.2 Å². The SMILES string of the molecule is CC(CC#N)Cc1nc(-c2ccc(Cl)c(Cl)c2)no1. The average molecular weight is 296 g/mol. The lowest BCUT2D eigenvalue weighted by Gasteiger charge is -2.00. The zero-order valence-corrected chi connectivity index (χ0v) is 11.7. The van der Waals surface area contributed by atoms with E-state index in [0.29, 0.717) is 34.6 Å². The molecule has 1 atom stereocenters. The minimum atomic E-state index is 0.187. The van der Waals surface area contributed by atoms with Gasteiger partial charge in [-0.1, -0.05) is 35.3 Å². The second kappa shape index (κ2) is 6.05. The van der Waals surface area contributed by atoms with Crippen molar-refractivity contribution in [1.29, 1.82) is 5.26 Å². The Balaban J connectivity index is 2.16. The molecule has 2 rings (SSSR count). The number of benzene rings is 1. The second-order valence-electron chi connectivity index (χ2n) is 4.31. The van der Waals surface area contributed by atoms with E-state index in [1.807, 2.05) is 6.92 Å². The Kier molecular flexibility index (Phi) is 4.41. The molecule has 0 aliphatic carbocycles. The van der Waals surface area contributed by atoms with Gasteiger partial charge >= 0.3 is 0 Å². The lowest BCUT2D eigenvalue weighted by molar-refractivity contribution is 0.359. The standard InChI is InChI=1S/C13H11Cl2N3O/c1-8(4-5-16)6-12-17-13(18-19-12)9-2-3-10(14)11(15)7-9/h2-3,7-8H,4,6H2,1H3. The molecule has 0 bridgehead atoms. The first kappa shape index (κ1) is 13.9. The number of nitrogens with zero attached hydrogens (tertiary/aromatic N) is 3. The van der Waals surface area contributed by atoms with E-state index in [9.17, 15) is 0 Å². The van der Waals surface area contributed by atoms with Crippen LogP contribution in [0.15, 0.2) is 22.7 Å². The zero-order valence-electron chi connectivity index (χ0n) is 10.2. The lowest BCUT2D eigenvalue weighted by atomic mass is 10.1. The fourth-order valence-electron chi connectivity index (χ4n) is 1.62. The minimum absolute atomic E-state index is 0.187. The Hall–Kier alpha value is -1.57. The molecule has 0 spiro atoms. The van der Waals surface area contributed by atoms with Crippen LogP contribution >= 0.6 is 23.2 Å². The van der Waals surface area contributed by atoms with Crippen molar-refractivity contribution >= 4 is 23.2 Å². The first-order valence-corrected chi connectivity index (χ1v) is 6.50. The molecule has 0 aliphatic rings. The molecule has 4 nitrogen and oxygen atoms in total. The molecular weight excluding hydrogens is 285 g/mol. The average Bonchev–Trinajstić information content (AvgIpc) is 2.81. The highest BCUT2D eigenvalue weighted by molar-refractivity contribution is 6.42. The van der Waals surface area contributed by atoms with E-state index in [4.69, 9.17) is 33.0 Å². The second-order valence-corrected chi connectivity index (χ2v) is 5.13.